The number of rotatable bonds is 6. The molecule has 0 heterocycles. The molecule has 0 nitrogen and oxygen atoms in total. The first kappa shape index (κ1) is 34.8. The van der Waals surface area contributed by atoms with Crippen LogP contribution in [0.2, 0.25) is 0 Å². The van der Waals surface area contributed by atoms with E-state index in [0.29, 0.717) is 0 Å². The van der Waals surface area contributed by atoms with Crippen LogP contribution in [0.4, 0.5) is 0 Å². The second-order valence-corrected chi connectivity index (χ2v) is 25.8. The molecule has 0 aliphatic rings. The predicted molar refractivity (Wildman–Crippen MR) is 205 cm³/mol. The van der Waals surface area contributed by atoms with Crippen molar-refractivity contribution < 1.29 is 10.1 Å². The summed E-state index contributed by atoms with van der Waals surface area (Å²) in [7, 11) is -0.122. The summed E-state index contributed by atoms with van der Waals surface area (Å²) in [4.78, 5) is 0. The van der Waals surface area contributed by atoms with E-state index in [0.717, 1.165) is 10.1 Å². The van der Waals surface area contributed by atoms with Crippen LogP contribution >= 0.6 is 55.3 Å². The fourth-order valence-corrected chi connectivity index (χ4v) is 8.97. The second-order valence-electron chi connectivity index (χ2n) is 8.73. The van der Waals surface area contributed by atoms with Gasteiger partial charge in [-0.05, 0) is 47.7 Å². The summed E-state index contributed by atoms with van der Waals surface area (Å²) in [5.41, 5.74) is 0. The van der Waals surface area contributed by atoms with Gasteiger partial charge in [-0.3, -0.25) is 0 Å². The summed E-state index contributed by atoms with van der Waals surface area (Å²) in [6.45, 7) is 0. The minimum Gasteiger partial charge on any atom is -0.0622 e. The average Bonchev–Trinajstić information content (AvgIpc) is 3.05. The Balaban J connectivity index is 0.000000207. The molecule has 0 N–H and O–H groups in total. The normalized spacial score (nSPS) is 10.1. The first-order chi connectivity index (χ1) is 20.3. The van der Waals surface area contributed by atoms with Gasteiger partial charge in [0.15, 0.2) is 0 Å². The fraction of sp³-hybridized carbons (Fsp3) is 0. The summed E-state index contributed by atoms with van der Waals surface area (Å²) >= 11 is 4.69. The van der Waals surface area contributed by atoms with Crippen LogP contribution in [0.1, 0.15) is 0 Å². The van der Waals surface area contributed by atoms with Gasteiger partial charge in [0.2, 0.25) is 0 Å². The van der Waals surface area contributed by atoms with Crippen molar-refractivity contribution in [1.82, 2.24) is 0 Å². The first-order valence-electron chi connectivity index (χ1n) is 13.1. The van der Waals surface area contributed by atoms with E-state index in [1.54, 1.807) is 0 Å². The van der Waals surface area contributed by atoms with Crippen LogP contribution in [0.15, 0.2) is 182 Å². The molecule has 6 rings (SSSR count). The van der Waals surface area contributed by atoms with Crippen LogP contribution in [0.25, 0.3) is 0 Å². The van der Waals surface area contributed by atoms with Gasteiger partial charge < -0.3 is 7.43 Å². The van der Waals surface area contributed by atoms with Crippen molar-refractivity contribution in [2.75, 3.05) is 0 Å². The minimum atomic E-state index is -0.446. The molecule has 0 saturated carbocycles. The monoisotopic (exact) mass is 896 g/mol. The van der Waals surface area contributed by atoms with Gasteiger partial charge >= 0.3 is 49.6 Å². The molecule has 0 saturated heterocycles. The molecule has 0 aliphatic carbocycles. The van der Waals surface area contributed by atoms with Crippen LogP contribution in [0.3, 0.4) is 0 Å². The van der Waals surface area contributed by atoms with Gasteiger partial charge in [0.25, 0.3) is 0 Å². The SMILES string of the molecule is [CH3-].[I][Rh+][I].c1ccc(P(c2ccccc2)c2ccccc2)cc1.c1ccc(P(c2ccccc2)c2ccccc2)cc1. The molecule has 0 amide bonds. The third-order valence-electron chi connectivity index (χ3n) is 6.09. The summed E-state index contributed by atoms with van der Waals surface area (Å²) in [5, 5.41) is 8.39. The molecule has 5 heteroatoms. The van der Waals surface area contributed by atoms with E-state index in [9.17, 15) is 0 Å². The number of benzene rings is 6. The Labute approximate surface area is 283 Å². The Hall–Kier alpha value is -1.74. The van der Waals surface area contributed by atoms with E-state index in [2.05, 4.69) is 221 Å². The smallest absolute Gasteiger partial charge is 0.0134 e. The van der Waals surface area contributed by atoms with Crippen molar-refractivity contribution in [3.05, 3.63) is 189 Å². The molecule has 6 aromatic carbocycles. The Morgan fingerprint density at radius 3 is 0.524 bits per heavy atom. The maximum Gasteiger partial charge on any atom is -0.0134 e. The Kier molecular flexibility index (Phi) is 16.8. The van der Waals surface area contributed by atoms with Gasteiger partial charge in [-0.1, -0.05) is 182 Å². The van der Waals surface area contributed by atoms with E-state index >= 15 is 0 Å². The summed E-state index contributed by atoms with van der Waals surface area (Å²) in [6.07, 6.45) is 0. The van der Waals surface area contributed by atoms with E-state index < -0.39 is 15.8 Å². The van der Waals surface area contributed by atoms with Crippen LogP contribution in [-0.2, 0) is 10.1 Å². The maximum atomic E-state index is 2.35. The molecular formula is C37H33I2P2Rh. The summed E-state index contributed by atoms with van der Waals surface area (Å²) in [6, 6.07) is 64.7. The zero-order valence-electron chi connectivity index (χ0n) is 23.3. The zero-order valence-corrected chi connectivity index (χ0v) is 31.0. The van der Waals surface area contributed by atoms with E-state index in [-0.39, 0.29) is 7.43 Å². The van der Waals surface area contributed by atoms with Gasteiger partial charge in [0.05, 0.1) is 0 Å². The van der Waals surface area contributed by atoms with E-state index in [1.165, 1.54) is 31.8 Å². The quantitative estimate of drug-likeness (QED) is 0.0678. The van der Waals surface area contributed by atoms with Crippen molar-refractivity contribution >= 4 is 87.2 Å². The van der Waals surface area contributed by atoms with Crippen molar-refractivity contribution in [3.63, 3.8) is 0 Å². The van der Waals surface area contributed by atoms with Gasteiger partial charge in [-0.2, -0.15) is 0 Å². The standard InChI is InChI=1S/2C18H15P.CH3.2HI.Rh/c2*1-4-10-16(11-5-1)19(17-12-6-2-7-13-17)18-14-8-3-9-15-18;;;;/h2*1-15H;1H3;2*1H;/q;;-1;;;+3/p-2. The number of hydrogen-bond donors (Lipinski definition) is 0. The third-order valence-corrected chi connectivity index (χ3v) is 11.0. The van der Waals surface area contributed by atoms with Crippen LogP contribution in [-0.4, -0.2) is 0 Å². The van der Waals surface area contributed by atoms with Gasteiger partial charge in [-0.15, -0.1) is 0 Å². The van der Waals surface area contributed by atoms with E-state index in [4.69, 9.17) is 0 Å². The van der Waals surface area contributed by atoms with Crippen LogP contribution in [0.5, 0.6) is 0 Å². The van der Waals surface area contributed by atoms with Gasteiger partial charge in [0, 0.05) is 0 Å². The first-order valence-corrected chi connectivity index (χ1v) is 25.5. The van der Waals surface area contributed by atoms with Crippen LogP contribution in [0, 0.1) is 7.43 Å². The molecule has 42 heavy (non-hydrogen) atoms. The molecule has 0 fully saturated rings. The molecule has 0 radical (unpaired) electrons. The van der Waals surface area contributed by atoms with Crippen molar-refractivity contribution in [1.29, 1.82) is 0 Å². The molecule has 0 aromatic heterocycles. The van der Waals surface area contributed by atoms with E-state index in [1.807, 2.05) is 0 Å². The molecule has 0 atom stereocenters. The van der Waals surface area contributed by atoms with Gasteiger partial charge in [-0.25, -0.2) is 0 Å². The Morgan fingerprint density at radius 2 is 0.405 bits per heavy atom. The molecule has 0 unspecified atom stereocenters. The third kappa shape index (κ3) is 10.8. The average molecular weight is 896 g/mol. The van der Waals surface area contributed by atoms with Crippen molar-refractivity contribution in [3.8, 4) is 0 Å². The van der Waals surface area contributed by atoms with Crippen LogP contribution < -0.4 is 31.8 Å². The zero-order chi connectivity index (χ0) is 28.5. The molecule has 214 valence electrons. The predicted octanol–water partition coefficient (Wildman–Crippen LogP) is 9.11. The Morgan fingerprint density at radius 1 is 0.286 bits per heavy atom. The fourth-order valence-electron chi connectivity index (χ4n) is 4.36. The largest absolute Gasteiger partial charge is 0.0622 e. The van der Waals surface area contributed by atoms with Crippen molar-refractivity contribution in [2.45, 2.75) is 0 Å². The topological polar surface area (TPSA) is 0 Å². The molecule has 0 bridgehead atoms. The molecule has 0 aliphatic heterocycles. The maximum absolute atomic E-state index is 2.35. The van der Waals surface area contributed by atoms with Crippen molar-refractivity contribution in [2.24, 2.45) is 0 Å². The number of hydrogen-bond acceptors (Lipinski definition) is 0. The van der Waals surface area contributed by atoms with Gasteiger partial charge in [0.1, 0.15) is 0 Å². The Bertz CT molecular complexity index is 1200. The minimum absolute atomic E-state index is 0. The second kappa shape index (κ2) is 20.3. The molecule has 6 aromatic rings. The molecule has 0 spiro atoms. The number of halogens is 2. The molecular weight excluding hydrogens is 863 g/mol. The summed E-state index contributed by atoms with van der Waals surface area (Å²) < 4.78 is 0. The summed E-state index contributed by atoms with van der Waals surface area (Å²) in [5.74, 6) is 0.